The maximum atomic E-state index is 13.4. The quantitative estimate of drug-likeness (QED) is 0.602. The molecule has 2 aromatic carbocycles. The first-order valence-corrected chi connectivity index (χ1v) is 8.91. The molecule has 0 fully saturated rings. The summed E-state index contributed by atoms with van der Waals surface area (Å²) in [6.07, 6.45) is 1.67. The van der Waals surface area contributed by atoms with Gasteiger partial charge in [0, 0.05) is 24.4 Å². The van der Waals surface area contributed by atoms with Crippen molar-refractivity contribution in [3.05, 3.63) is 83.3 Å². The summed E-state index contributed by atoms with van der Waals surface area (Å²) >= 11 is 0. The van der Waals surface area contributed by atoms with Gasteiger partial charge in [-0.3, -0.25) is 4.79 Å². The Morgan fingerprint density at radius 2 is 1.79 bits per heavy atom. The number of carbonyl (C=O) groups is 1. The second-order valence-electron chi connectivity index (χ2n) is 6.28. The molecule has 3 rings (SSSR count). The van der Waals surface area contributed by atoms with Gasteiger partial charge in [-0.15, -0.1) is 0 Å². The number of hydrogen-bond acceptors (Lipinski definition) is 4. The van der Waals surface area contributed by atoms with E-state index in [-0.39, 0.29) is 11.6 Å². The van der Waals surface area contributed by atoms with E-state index in [0.29, 0.717) is 23.9 Å². The van der Waals surface area contributed by atoms with Gasteiger partial charge in [-0.25, -0.2) is 18.7 Å². The van der Waals surface area contributed by atoms with Crippen molar-refractivity contribution in [1.82, 2.24) is 15.3 Å². The van der Waals surface area contributed by atoms with E-state index in [4.69, 9.17) is 0 Å². The van der Waals surface area contributed by atoms with E-state index >= 15 is 0 Å². The first kappa shape index (κ1) is 19.4. The van der Waals surface area contributed by atoms with Crippen molar-refractivity contribution in [2.24, 2.45) is 0 Å². The Morgan fingerprint density at radius 1 is 1.00 bits per heavy atom. The van der Waals surface area contributed by atoms with Crippen LogP contribution in [0.2, 0.25) is 0 Å². The molecule has 3 aromatic rings. The van der Waals surface area contributed by atoms with Crippen LogP contribution in [0.25, 0.3) is 0 Å². The van der Waals surface area contributed by atoms with E-state index in [9.17, 15) is 13.6 Å². The summed E-state index contributed by atoms with van der Waals surface area (Å²) in [5, 5.41) is 5.70. The van der Waals surface area contributed by atoms with Gasteiger partial charge in [-0.05, 0) is 37.5 Å². The first-order chi connectivity index (χ1) is 13.5. The third-order valence-electron chi connectivity index (χ3n) is 4.03. The number of nitrogens with zero attached hydrogens (tertiary/aromatic N) is 2. The van der Waals surface area contributed by atoms with Gasteiger partial charge in [0.05, 0.1) is 0 Å². The normalized spacial score (nSPS) is 10.5. The largest absolute Gasteiger partial charge is 0.351 e. The minimum Gasteiger partial charge on any atom is -0.351 e. The van der Waals surface area contributed by atoms with Crippen LogP contribution < -0.4 is 10.6 Å². The molecule has 0 saturated heterocycles. The molecular formula is C21H20F2N4O. The second kappa shape index (κ2) is 9.03. The summed E-state index contributed by atoms with van der Waals surface area (Å²) in [6.45, 7) is 2.17. The van der Waals surface area contributed by atoms with Crippen LogP contribution in [0.15, 0.2) is 54.6 Å². The predicted molar refractivity (Wildman–Crippen MR) is 104 cm³/mol. The first-order valence-electron chi connectivity index (χ1n) is 8.91. The molecule has 5 nitrogen and oxygen atoms in total. The number of amides is 1. The third-order valence-corrected chi connectivity index (χ3v) is 4.03. The Morgan fingerprint density at radius 3 is 2.54 bits per heavy atom. The van der Waals surface area contributed by atoms with Gasteiger partial charge >= 0.3 is 0 Å². The fourth-order valence-corrected chi connectivity index (χ4v) is 2.70. The lowest BCUT2D eigenvalue weighted by Crippen LogP contribution is -2.26. The van der Waals surface area contributed by atoms with Crippen molar-refractivity contribution in [2.75, 3.05) is 11.9 Å². The number of rotatable bonds is 7. The smallest absolute Gasteiger partial charge is 0.270 e. The SMILES string of the molecule is Cc1nc(Nc2ccc(F)c(F)c2)cc(C(=O)NCCCc2ccccc2)n1. The highest BCUT2D eigenvalue weighted by molar-refractivity contribution is 5.93. The highest BCUT2D eigenvalue weighted by atomic mass is 19.2. The van der Waals surface area contributed by atoms with Crippen LogP contribution in [0, 0.1) is 18.6 Å². The highest BCUT2D eigenvalue weighted by Crippen LogP contribution is 2.18. The maximum Gasteiger partial charge on any atom is 0.270 e. The minimum atomic E-state index is -0.966. The number of halogens is 2. The molecule has 144 valence electrons. The molecular weight excluding hydrogens is 362 g/mol. The molecule has 0 aliphatic heterocycles. The predicted octanol–water partition coefficient (Wildman–Crippen LogP) is 4.17. The van der Waals surface area contributed by atoms with E-state index in [1.54, 1.807) is 6.92 Å². The lowest BCUT2D eigenvalue weighted by Gasteiger charge is -2.09. The van der Waals surface area contributed by atoms with Crippen molar-refractivity contribution >= 4 is 17.4 Å². The van der Waals surface area contributed by atoms with Gasteiger partial charge in [-0.1, -0.05) is 30.3 Å². The standard InChI is InChI=1S/C21H20F2N4O/c1-14-25-19(21(28)24-11-5-8-15-6-3-2-4-7-15)13-20(26-14)27-16-9-10-17(22)18(23)12-16/h2-4,6-7,9-10,12-13H,5,8,11H2,1H3,(H,24,28)(H,25,26,27). The van der Waals surface area contributed by atoms with Crippen molar-refractivity contribution in [1.29, 1.82) is 0 Å². The van der Waals surface area contributed by atoms with Crippen molar-refractivity contribution in [3.8, 4) is 0 Å². The van der Waals surface area contributed by atoms with Gasteiger partial charge in [-0.2, -0.15) is 0 Å². The summed E-state index contributed by atoms with van der Waals surface area (Å²) in [5.41, 5.74) is 1.75. The van der Waals surface area contributed by atoms with Crippen LogP contribution in [0.1, 0.15) is 28.3 Å². The van der Waals surface area contributed by atoms with E-state index in [1.165, 1.54) is 17.7 Å². The summed E-state index contributed by atoms with van der Waals surface area (Å²) in [4.78, 5) is 20.7. The lowest BCUT2D eigenvalue weighted by atomic mass is 10.1. The van der Waals surface area contributed by atoms with Crippen molar-refractivity contribution in [2.45, 2.75) is 19.8 Å². The van der Waals surface area contributed by atoms with Crippen LogP contribution in [0.3, 0.4) is 0 Å². The van der Waals surface area contributed by atoms with Crippen LogP contribution in [0.4, 0.5) is 20.3 Å². The van der Waals surface area contributed by atoms with Crippen LogP contribution in [0.5, 0.6) is 0 Å². The Labute approximate surface area is 161 Å². The third kappa shape index (κ3) is 5.33. The molecule has 0 aliphatic rings. The molecule has 1 heterocycles. The highest BCUT2D eigenvalue weighted by Gasteiger charge is 2.11. The van der Waals surface area contributed by atoms with Crippen LogP contribution in [-0.2, 0) is 6.42 Å². The average molecular weight is 382 g/mol. The van der Waals surface area contributed by atoms with Gasteiger partial charge < -0.3 is 10.6 Å². The molecule has 0 radical (unpaired) electrons. The van der Waals surface area contributed by atoms with Crippen LogP contribution in [-0.4, -0.2) is 22.4 Å². The summed E-state index contributed by atoms with van der Waals surface area (Å²) in [6, 6.07) is 14.9. The summed E-state index contributed by atoms with van der Waals surface area (Å²) in [5.74, 6) is -1.49. The molecule has 1 aromatic heterocycles. The van der Waals surface area contributed by atoms with E-state index in [0.717, 1.165) is 25.0 Å². The minimum absolute atomic E-state index is 0.206. The molecule has 2 N–H and O–H groups in total. The van der Waals surface area contributed by atoms with Crippen LogP contribution >= 0.6 is 0 Å². The second-order valence-corrected chi connectivity index (χ2v) is 6.28. The number of nitrogens with one attached hydrogen (secondary N) is 2. The Balaban J connectivity index is 1.60. The molecule has 0 spiro atoms. The zero-order valence-electron chi connectivity index (χ0n) is 15.4. The van der Waals surface area contributed by atoms with Gasteiger partial charge in [0.1, 0.15) is 17.3 Å². The molecule has 0 unspecified atom stereocenters. The number of aromatic nitrogens is 2. The van der Waals surface area contributed by atoms with Gasteiger partial charge in [0.15, 0.2) is 11.6 Å². The molecule has 0 atom stereocenters. The van der Waals surface area contributed by atoms with Crippen molar-refractivity contribution < 1.29 is 13.6 Å². The monoisotopic (exact) mass is 382 g/mol. The lowest BCUT2D eigenvalue weighted by molar-refractivity contribution is 0.0948. The molecule has 0 aliphatic carbocycles. The number of carbonyl (C=O) groups excluding carboxylic acids is 1. The fraction of sp³-hybridized carbons (Fsp3) is 0.190. The van der Waals surface area contributed by atoms with E-state index in [1.807, 2.05) is 30.3 Å². The number of benzene rings is 2. The fourth-order valence-electron chi connectivity index (χ4n) is 2.70. The number of anilines is 2. The molecule has 0 bridgehead atoms. The summed E-state index contributed by atoms with van der Waals surface area (Å²) in [7, 11) is 0. The number of aryl methyl sites for hydroxylation is 2. The maximum absolute atomic E-state index is 13.4. The molecule has 1 amide bonds. The molecule has 0 saturated carbocycles. The van der Waals surface area contributed by atoms with Gasteiger partial charge in [0.25, 0.3) is 5.91 Å². The zero-order valence-corrected chi connectivity index (χ0v) is 15.4. The Bertz CT molecular complexity index is 964. The Kier molecular flexibility index (Phi) is 6.26. The summed E-state index contributed by atoms with van der Waals surface area (Å²) < 4.78 is 26.4. The van der Waals surface area contributed by atoms with E-state index in [2.05, 4.69) is 20.6 Å². The number of hydrogen-bond donors (Lipinski definition) is 2. The van der Waals surface area contributed by atoms with E-state index < -0.39 is 11.6 Å². The topological polar surface area (TPSA) is 66.9 Å². The molecule has 28 heavy (non-hydrogen) atoms. The zero-order chi connectivity index (χ0) is 19.9. The van der Waals surface area contributed by atoms with Gasteiger partial charge in [0.2, 0.25) is 0 Å². The van der Waals surface area contributed by atoms with Crippen molar-refractivity contribution in [3.63, 3.8) is 0 Å². The Hall–Kier alpha value is -3.35. The molecule has 7 heteroatoms. The average Bonchev–Trinajstić information content (AvgIpc) is 2.68.